The maximum absolute atomic E-state index is 9.78. The van der Waals surface area contributed by atoms with Crippen LogP contribution in [0.4, 0.5) is 5.82 Å². The molecule has 0 amide bonds. The Morgan fingerprint density at radius 2 is 2.00 bits per heavy atom. The third kappa shape index (κ3) is 4.48. The van der Waals surface area contributed by atoms with Crippen molar-refractivity contribution in [2.24, 2.45) is 0 Å². The summed E-state index contributed by atoms with van der Waals surface area (Å²) >= 11 is 5.97. The monoisotopic (exact) mass is 257 g/mol. The van der Waals surface area contributed by atoms with Gasteiger partial charge in [0.25, 0.3) is 0 Å². The Morgan fingerprint density at radius 3 is 2.47 bits per heavy atom. The van der Waals surface area contributed by atoms with Gasteiger partial charge in [-0.15, -0.1) is 0 Å². The Bertz CT molecular complexity index is 388. The van der Waals surface area contributed by atoms with E-state index in [1.54, 1.807) is 19.9 Å². The lowest BCUT2D eigenvalue weighted by molar-refractivity contribution is 0.0884. The Labute approximate surface area is 108 Å². The van der Waals surface area contributed by atoms with E-state index in [1.165, 1.54) is 0 Å². The van der Waals surface area contributed by atoms with Crippen LogP contribution in [0.5, 0.6) is 0 Å². The van der Waals surface area contributed by atoms with Crippen molar-refractivity contribution >= 4 is 17.4 Å². The minimum atomic E-state index is -0.774. The number of halogens is 1. The van der Waals surface area contributed by atoms with Crippen LogP contribution >= 0.6 is 11.6 Å². The van der Waals surface area contributed by atoms with E-state index in [9.17, 15) is 5.11 Å². The molecule has 0 spiro atoms. The van der Waals surface area contributed by atoms with Crippen molar-refractivity contribution in [3.8, 4) is 0 Å². The lowest BCUT2D eigenvalue weighted by atomic mass is 10.1. The first-order valence-corrected chi connectivity index (χ1v) is 6.05. The molecule has 17 heavy (non-hydrogen) atoms. The van der Waals surface area contributed by atoms with Gasteiger partial charge in [0.05, 0.1) is 5.60 Å². The molecule has 0 atom stereocenters. The van der Waals surface area contributed by atoms with Gasteiger partial charge in [0, 0.05) is 25.6 Å². The van der Waals surface area contributed by atoms with Gasteiger partial charge in [0.15, 0.2) is 0 Å². The standard InChI is InChI=1S/C12H20ClN3O/c1-8(2)11-14-9(13)6-10(15-11)16(5)7-12(3,4)17/h6,8,17H,7H2,1-5H3. The molecule has 1 aromatic rings. The van der Waals surface area contributed by atoms with Crippen molar-refractivity contribution in [1.29, 1.82) is 0 Å². The van der Waals surface area contributed by atoms with Gasteiger partial charge >= 0.3 is 0 Å². The van der Waals surface area contributed by atoms with Crippen LogP contribution < -0.4 is 4.90 Å². The first kappa shape index (κ1) is 14.2. The molecule has 0 aromatic carbocycles. The van der Waals surface area contributed by atoms with Crippen LogP contribution in [0.2, 0.25) is 5.15 Å². The fourth-order valence-electron chi connectivity index (χ4n) is 1.54. The van der Waals surface area contributed by atoms with E-state index in [0.29, 0.717) is 11.7 Å². The molecular formula is C12H20ClN3O. The molecule has 0 radical (unpaired) electrons. The highest BCUT2D eigenvalue weighted by atomic mass is 35.5. The van der Waals surface area contributed by atoms with Gasteiger partial charge in [-0.25, -0.2) is 9.97 Å². The number of rotatable bonds is 4. The molecule has 0 aliphatic heterocycles. The summed E-state index contributed by atoms with van der Waals surface area (Å²) in [6, 6.07) is 1.71. The molecule has 5 heteroatoms. The number of likely N-dealkylation sites (N-methyl/N-ethyl adjacent to an activating group) is 1. The highest BCUT2D eigenvalue weighted by Crippen LogP contribution is 2.20. The highest BCUT2D eigenvalue weighted by molar-refractivity contribution is 6.29. The summed E-state index contributed by atoms with van der Waals surface area (Å²) < 4.78 is 0. The Hall–Kier alpha value is -0.870. The Kier molecular flexibility index (Phi) is 4.33. The summed E-state index contributed by atoms with van der Waals surface area (Å²) in [7, 11) is 1.88. The van der Waals surface area contributed by atoms with E-state index < -0.39 is 5.60 Å². The number of nitrogens with zero attached hydrogens (tertiary/aromatic N) is 3. The number of anilines is 1. The van der Waals surface area contributed by atoms with Gasteiger partial charge in [-0.1, -0.05) is 25.4 Å². The molecule has 96 valence electrons. The third-order valence-corrected chi connectivity index (χ3v) is 2.42. The van der Waals surface area contributed by atoms with Crippen molar-refractivity contribution in [1.82, 2.24) is 9.97 Å². The molecule has 0 saturated heterocycles. The van der Waals surface area contributed by atoms with E-state index in [-0.39, 0.29) is 5.92 Å². The molecule has 0 saturated carbocycles. The number of hydrogen-bond donors (Lipinski definition) is 1. The second-order valence-corrected chi connectivity index (χ2v) is 5.62. The van der Waals surface area contributed by atoms with Crippen molar-refractivity contribution in [3.05, 3.63) is 17.0 Å². The maximum Gasteiger partial charge on any atom is 0.135 e. The van der Waals surface area contributed by atoms with Crippen LogP contribution in [0.15, 0.2) is 6.07 Å². The molecule has 0 aliphatic rings. The molecule has 1 N–H and O–H groups in total. The van der Waals surface area contributed by atoms with Crippen molar-refractivity contribution < 1.29 is 5.11 Å². The number of aromatic nitrogens is 2. The van der Waals surface area contributed by atoms with E-state index >= 15 is 0 Å². The van der Waals surface area contributed by atoms with Crippen LogP contribution in [-0.4, -0.2) is 34.3 Å². The van der Waals surface area contributed by atoms with E-state index in [2.05, 4.69) is 9.97 Å². The van der Waals surface area contributed by atoms with E-state index in [1.807, 2.05) is 25.8 Å². The lowest BCUT2D eigenvalue weighted by Crippen LogP contribution is -2.36. The van der Waals surface area contributed by atoms with Crippen molar-refractivity contribution in [3.63, 3.8) is 0 Å². The number of hydrogen-bond acceptors (Lipinski definition) is 4. The predicted octanol–water partition coefficient (Wildman–Crippen LogP) is 2.46. The van der Waals surface area contributed by atoms with E-state index in [0.717, 1.165) is 11.6 Å². The molecule has 0 unspecified atom stereocenters. The second-order valence-electron chi connectivity index (χ2n) is 5.23. The SMILES string of the molecule is CC(C)c1nc(Cl)cc(N(C)CC(C)(C)O)n1. The average molecular weight is 258 g/mol. The van der Waals surface area contributed by atoms with Crippen molar-refractivity contribution in [2.75, 3.05) is 18.5 Å². The highest BCUT2D eigenvalue weighted by Gasteiger charge is 2.18. The normalized spacial score (nSPS) is 12.0. The van der Waals surface area contributed by atoms with Gasteiger partial charge in [-0.3, -0.25) is 0 Å². The molecule has 4 nitrogen and oxygen atoms in total. The minimum absolute atomic E-state index is 0.225. The zero-order valence-corrected chi connectivity index (χ0v) is 11.8. The smallest absolute Gasteiger partial charge is 0.135 e. The first-order valence-electron chi connectivity index (χ1n) is 5.67. The summed E-state index contributed by atoms with van der Waals surface area (Å²) in [5, 5.41) is 10.2. The van der Waals surface area contributed by atoms with Gasteiger partial charge in [0.2, 0.25) is 0 Å². The molecule has 0 aliphatic carbocycles. The zero-order valence-electron chi connectivity index (χ0n) is 11.0. The third-order valence-electron chi connectivity index (χ3n) is 2.23. The number of aliphatic hydroxyl groups is 1. The van der Waals surface area contributed by atoms with Crippen LogP contribution in [0.25, 0.3) is 0 Å². The van der Waals surface area contributed by atoms with E-state index in [4.69, 9.17) is 11.6 Å². The summed E-state index contributed by atoms with van der Waals surface area (Å²) in [5.41, 5.74) is -0.774. The molecule has 0 bridgehead atoms. The Balaban J connectivity index is 2.97. The molecule has 1 aromatic heterocycles. The van der Waals surface area contributed by atoms with Gasteiger partial charge in [0.1, 0.15) is 16.8 Å². The predicted molar refractivity (Wildman–Crippen MR) is 70.7 cm³/mol. The van der Waals surface area contributed by atoms with Crippen molar-refractivity contribution in [2.45, 2.75) is 39.2 Å². The Morgan fingerprint density at radius 1 is 1.41 bits per heavy atom. The van der Waals surface area contributed by atoms with Gasteiger partial charge < -0.3 is 10.0 Å². The summed E-state index contributed by atoms with van der Waals surface area (Å²) in [4.78, 5) is 10.5. The van der Waals surface area contributed by atoms with Crippen LogP contribution in [-0.2, 0) is 0 Å². The van der Waals surface area contributed by atoms with Gasteiger partial charge in [-0.2, -0.15) is 0 Å². The summed E-state index contributed by atoms with van der Waals surface area (Å²) in [6.07, 6.45) is 0. The van der Waals surface area contributed by atoms with Crippen LogP contribution in [0.1, 0.15) is 39.4 Å². The molecule has 0 fully saturated rings. The average Bonchev–Trinajstić information content (AvgIpc) is 2.13. The maximum atomic E-state index is 9.78. The second kappa shape index (κ2) is 5.19. The van der Waals surface area contributed by atoms with Crippen LogP contribution in [0.3, 0.4) is 0 Å². The fraction of sp³-hybridized carbons (Fsp3) is 0.667. The molecular weight excluding hydrogens is 238 g/mol. The molecule has 1 rings (SSSR count). The summed E-state index contributed by atoms with van der Waals surface area (Å²) in [5.74, 6) is 1.67. The fourth-order valence-corrected chi connectivity index (χ4v) is 1.72. The summed E-state index contributed by atoms with van der Waals surface area (Å²) in [6.45, 7) is 8.04. The zero-order chi connectivity index (χ0) is 13.2. The molecule has 1 heterocycles. The first-order chi connectivity index (χ1) is 7.69. The quantitative estimate of drug-likeness (QED) is 0.842. The lowest BCUT2D eigenvalue weighted by Gasteiger charge is -2.26. The minimum Gasteiger partial charge on any atom is -0.389 e. The van der Waals surface area contributed by atoms with Gasteiger partial charge in [-0.05, 0) is 13.8 Å². The topological polar surface area (TPSA) is 49.2 Å². The largest absolute Gasteiger partial charge is 0.389 e. The van der Waals surface area contributed by atoms with Crippen LogP contribution in [0, 0.1) is 0 Å².